The zero-order valence-electron chi connectivity index (χ0n) is 17.3. The van der Waals surface area contributed by atoms with E-state index in [0.29, 0.717) is 28.1 Å². The molecule has 9 heteroatoms. The van der Waals surface area contributed by atoms with E-state index in [0.717, 1.165) is 0 Å². The molecule has 2 aliphatic rings. The summed E-state index contributed by atoms with van der Waals surface area (Å²) in [4.78, 5) is 50.3. The number of imide groups is 1. The molecule has 0 radical (unpaired) electrons. The van der Waals surface area contributed by atoms with Gasteiger partial charge in [-0.2, -0.15) is 5.26 Å². The number of nitrogens with one attached hydrogen (secondary N) is 2. The molecule has 0 spiro atoms. The van der Waals surface area contributed by atoms with Crippen LogP contribution in [0.15, 0.2) is 42.5 Å². The van der Waals surface area contributed by atoms with E-state index in [4.69, 9.17) is 10.00 Å². The van der Waals surface area contributed by atoms with Crippen molar-refractivity contribution in [2.75, 3.05) is 5.32 Å². The minimum Gasteiger partial charge on any atom is -0.481 e. The van der Waals surface area contributed by atoms with E-state index in [9.17, 15) is 19.2 Å². The highest BCUT2D eigenvalue weighted by atomic mass is 16.5. The normalized spacial score (nSPS) is 18.4. The molecule has 2 atom stereocenters. The number of hydrogen-bond donors (Lipinski definition) is 2. The van der Waals surface area contributed by atoms with Gasteiger partial charge in [0.25, 0.3) is 11.8 Å². The van der Waals surface area contributed by atoms with Crippen molar-refractivity contribution in [1.82, 2.24) is 10.2 Å². The number of piperidine rings is 1. The molecule has 2 N–H and O–H groups in total. The summed E-state index contributed by atoms with van der Waals surface area (Å²) >= 11 is 0. The predicted octanol–water partition coefficient (Wildman–Crippen LogP) is 1.73. The predicted molar refractivity (Wildman–Crippen MR) is 112 cm³/mol. The molecule has 1 saturated heterocycles. The molecule has 2 heterocycles. The molecule has 0 aromatic heterocycles. The zero-order valence-corrected chi connectivity index (χ0v) is 17.3. The first-order chi connectivity index (χ1) is 15.4. The summed E-state index contributed by atoms with van der Waals surface area (Å²) < 4.78 is 5.75. The van der Waals surface area contributed by atoms with E-state index in [1.165, 1.54) is 4.90 Å². The van der Waals surface area contributed by atoms with Crippen LogP contribution < -0.4 is 15.4 Å². The molecule has 0 aliphatic carbocycles. The second-order valence-corrected chi connectivity index (χ2v) is 7.63. The third-order valence-electron chi connectivity index (χ3n) is 5.48. The number of ether oxygens (including phenoxy) is 1. The number of fused-ring (bicyclic) bond motifs is 1. The van der Waals surface area contributed by atoms with Gasteiger partial charge in [-0.25, -0.2) is 0 Å². The summed E-state index contributed by atoms with van der Waals surface area (Å²) in [6.07, 6.45) is -0.384. The Labute approximate surface area is 184 Å². The first kappa shape index (κ1) is 21.1. The van der Waals surface area contributed by atoms with Crippen molar-refractivity contribution in [3.05, 3.63) is 59.2 Å². The van der Waals surface area contributed by atoms with E-state index >= 15 is 0 Å². The number of nitrogens with zero attached hydrogens (tertiary/aromatic N) is 2. The number of rotatable bonds is 5. The maximum Gasteiger partial charge on any atom is 0.265 e. The van der Waals surface area contributed by atoms with Crippen LogP contribution in [0.5, 0.6) is 5.75 Å². The van der Waals surface area contributed by atoms with Gasteiger partial charge in [-0.15, -0.1) is 0 Å². The van der Waals surface area contributed by atoms with Gasteiger partial charge in [0.15, 0.2) is 6.10 Å². The first-order valence-corrected chi connectivity index (χ1v) is 10.1. The third-order valence-corrected chi connectivity index (χ3v) is 5.48. The van der Waals surface area contributed by atoms with Gasteiger partial charge in [0.1, 0.15) is 17.9 Å². The van der Waals surface area contributed by atoms with Crippen molar-refractivity contribution in [2.45, 2.75) is 38.5 Å². The van der Waals surface area contributed by atoms with Crippen LogP contribution >= 0.6 is 0 Å². The van der Waals surface area contributed by atoms with Crippen LogP contribution in [0.1, 0.15) is 41.3 Å². The second-order valence-electron chi connectivity index (χ2n) is 7.63. The fourth-order valence-corrected chi connectivity index (χ4v) is 3.81. The van der Waals surface area contributed by atoms with E-state index < -0.39 is 24.0 Å². The summed E-state index contributed by atoms with van der Waals surface area (Å²) in [6.45, 7) is 1.80. The summed E-state index contributed by atoms with van der Waals surface area (Å²) in [5.41, 5.74) is 1.88. The van der Waals surface area contributed by atoms with Gasteiger partial charge in [0.2, 0.25) is 11.8 Å². The molecule has 9 nitrogen and oxygen atoms in total. The van der Waals surface area contributed by atoms with Crippen molar-refractivity contribution in [3.8, 4) is 11.8 Å². The fraction of sp³-hybridized carbons (Fsp3) is 0.261. The van der Waals surface area contributed by atoms with Crippen LogP contribution in [-0.2, 0) is 20.9 Å². The van der Waals surface area contributed by atoms with Crippen LogP contribution in [0.2, 0.25) is 0 Å². The van der Waals surface area contributed by atoms with Crippen molar-refractivity contribution in [2.24, 2.45) is 0 Å². The maximum atomic E-state index is 12.8. The number of amides is 4. The van der Waals surface area contributed by atoms with Gasteiger partial charge in [0, 0.05) is 18.5 Å². The largest absolute Gasteiger partial charge is 0.481 e. The Bertz CT molecular complexity index is 1170. The number of anilines is 1. The van der Waals surface area contributed by atoms with E-state index in [2.05, 4.69) is 10.6 Å². The average molecular weight is 432 g/mol. The zero-order chi connectivity index (χ0) is 22.8. The van der Waals surface area contributed by atoms with E-state index in [1.807, 2.05) is 6.07 Å². The summed E-state index contributed by atoms with van der Waals surface area (Å²) in [5, 5.41) is 14.1. The minimum absolute atomic E-state index is 0.187. The molecule has 1 fully saturated rings. The molecule has 4 amide bonds. The molecule has 2 unspecified atom stereocenters. The van der Waals surface area contributed by atoms with E-state index in [1.54, 1.807) is 49.4 Å². The van der Waals surface area contributed by atoms with Crippen molar-refractivity contribution in [3.63, 3.8) is 0 Å². The van der Waals surface area contributed by atoms with Gasteiger partial charge in [-0.3, -0.25) is 24.5 Å². The number of hydrogen-bond acceptors (Lipinski definition) is 6. The maximum absolute atomic E-state index is 12.8. The van der Waals surface area contributed by atoms with Crippen molar-refractivity contribution >= 4 is 29.3 Å². The van der Waals surface area contributed by atoms with E-state index in [-0.39, 0.29) is 31.2 Å². The SMILES string of the molecule is CC(Oc1ccc2c(c1)CN(C1CCC(=O)NC1=O)C2=O)C(=O)Nc1ccccc1C#N. The molecule has 2 aromatic carbocycles. The summed E-state index contributed by atoms with van der Waals surface area (Å²) in [6, 6.07) is 12.9. The molecule has 4 rings (SSSR count). The topological polar surface area (TPSA) is 129 Å². The Morgan fingerprint density at radius 1 is 1.25 bits per heavy atom. The number of nitriles is 1. The monoisotopic (exact) mass is 432 g/mol. The smallest absolute Gasteiger partial charge is 0.265 e. The highest BCUT2D eigenvalue weighted by molar-refractivity contribution is 6.05. The first-order valence-electron chi connectivity index (χ1n) is 10.1. The second kappa shape index (κ2) is 8.51. The summed E-state index contributed by atoms with van der Waals surface area (Å²) in [7, 11) is 0. The molecular weight excluding hydrogens is 412 g/mol. The Morgan fingerprint density at radius 2 is 2.03 bits per heavy atom. The highest BCUT2D eigenvalue weighted by Gasteiger charge is 2.39. The lowest BCUT2D eigenvalue weighted by molar-refractivity contribution is -0.137. The Hall–Kier alpha value is -4.19. The molecule has 32 heavy (non-hydrogen) atoms. The minimum atomic E-state index is -0.858. The standard InChI is InChI=1S/C23H20N4O5/c1-13(21(29)25-18-5-3-2-4-14(18)11-24)32-16-6-7-17-15(10-16)12-27(23(17)31)19-8-9-20(28)26-22(19)30/h2-7,10,13,19H,8-9,12H2,1H3,(H,25,29)(H,26,28,30). The van der Waals surface area contributed by atoms with Crippen LogP contribution in [0.25, 0.3) is 0 Å². The van der Waals surface area contributed by atoms with Crippen LogP contribution in [0.3, 0.4) is 0 Å². The van der Waals surface area contributed by atoms with Gasteiger partial charge in [-0.1, -0.05) is 12.1 Å². The van der Waals surface area contributed by atoms with Crippen LogP contribution in [0.4, 0.5) is 5.69 Å². The molecule has 2 aliphatic heterocycles. The quantitative estimate of drug-likeness (QED) is 0.693. The Morgan fingerprint density at radius 3 is 2.78 bits per heavy atom. The Kier molecular flexibility index (Phi) is 5.60. The average Bonchev–Trinajstić information content (AvgIpc) is 3.09. The van der Waals surface area contributed by atoms with Crippen molar-refractivity contribution in [1.29, 1.82) is 5.26 Å². The fourth-order valence-electron chi connectivity index (χ4n) is 3.81. The Balaban J connectivity index is 1.44. The van der Waals surface area contributed by atoms with Gasteiger partial charge in [0.05, 0.1) is 11.3 Å². The summed E-state index contributed by atoms with van der Waals surface area (Å²) in [5.74, 6) is -1.11. The van der Waals surface area contributed by atoms with Crippen LogP contribution in [0, 0.1) is 11.3 Å². The lowest BCUT2D eigenvalue weighted by Crippen LogP contribution is -2.52. The molecular formula is C23H20N4O5. The van der Waals surface area contributed by atoms with Crippen molar-refractivity contribution < 1.29 is 23.9 Å². The van der Waals surface area contributed by atoms with Gasteiger partial charge < -0.3 is 15.0 Å². The number of carbonyl (C=O) groups is 4. The molecule has 0 saturated carbocycles. The van der Waals surface area contributed by atoms with Crippen LogP contribution in [-0.4, -0.2) is 40.7 Å². The molecule has 2 aromatic rings. The third kappa shape index (κ3) is 4.03. The highest BCUT2D eigenvalue weighted by Crippen LogP contribution is 2.30. The number of para-hydroxylation sites is 1. The lowest BCUT2D eigenvalue weighted by Gasteiger charge is -2.29. The number of benzene rings is 2. The molecule has 162 valence electrons. The number of carbonyl (C=O) groups excluding carboxylic acids is 4. The van der Waals surface area contributed by atoms with Gasteiger partial charge in [-0.05, 0) is 49.2 Å². The lowest BCUT2D eigenvalue weighted by atomic mass is 10.0. The van der Waals surface area contributed by atoms with Gasteiger partial charge >= 0.3 is 0 Å². The molecule has 0 bridgehead atoms.